The first-order valence-electron chi connectivity index (χ1n) is 8.28. The molecule has 2 rings (SSSR count). The summed E-state index contributed by atoms with van der Waals surface area (Å²) < 4.78 is 0. The minimum Gasteiger partial charge on any atom is -0.372 e. The molecule has 134 valence electrons. The molecular weight excluding hydrogens is 320 g/mol. The lowest BCUT2D eigenvalue weighted by molar-refractivity contribution is -0.129. The summed E-state index contributed by atoms with van der Waals surface area (Å²) in [5.41, 5.74) is 7.00. The van der Waals surface area contributed by atoms with Crippen LogP contribution in [-0.2, 0) is 9.59 Å². The van der Waals surface area contributed by atoms with Gasteiger partial charge in [0.15, 0.2) is 0 Å². The van der Waals surface area contributed by atoms with Crippen molar-refractivity contribution in [2.24, 2.45) is 5.73 Å². The second-order valence-electron chi connectivity index (χ2n) is 6.09. The average Bonchev–Trinajstić information content (AvgIpc) is 2.61. The van der Waals surface area contributed by atoms with Crippen LogP contribution in [0.2, 0.25) is 0 Å². The summed E-state index contributed by atoms with van der Waals surface area (Å²) in [5.74, 6) is -1.37. The van der Waals surface area contributed by atoms with Crippen LogP contribution in [0.3, 0.4) is 0 Å². The molecule has 7 nitrogen and oxygen atoms in total. The average molecular weight is 344 g/mol. The molecule has 1 heterocycles. The van der Waals surface area contributed by atoms with Crippen LogP contribution >= 0.6 is 0 Å². The number of carbonyl (C=O) groups is 3. The number of amides is 3. The standard InChI is InChI=1S/C18H24N4O3/c1-3-17(24)21(2)12-16(23)20-15-8-7-13(11-14(15)18(19)25)22-9-5-4-6-10-22/h3,7-8,11H,1,4-6,9-10,12H2,2H3,(H2,19,25)(H,20,23). The van der Waals surface area contributed by atoms with Crippen molar-refractivity contribution in [2.75, 3.05) is 36.9 Å². The molecule has 0 saturated carbocycles. The molecule has 1 aliphatic heterocycles. The minimum absolute atomic E-state index is 0.142. The van der Waals surface area contributed by atoms with Crippen molar-refractivity contribution < 1.29 is 14.4 Å². The number of likely N-dealkylation sites (N-methyl/N-ethyl adjacent to an activating group) is 1. The van der Waals surface area contributed by atoms with Gasteiger partial charge >= 0.3 is 0 Å². The van der Waals surface area contributed by atoms with Crippen LogP contribution in [0.4, 0.5) is 11.4 Å². The number of nitrogens with two attached hydrogens (primary N) is 1. The molecule has 1 saturated heterocycles. The molecule has 0 unspecified atom stereocenters. The molecule has 1 aromatic rings. The summed E-state index contributed by atoms with van der Waals surface area (Å²) in [7, 11) is 1.50. The Morgan fingerprint density at radius 2 is 1.96 bits per heavy atom. The van der Waals surface area contributed by atoms with Crippen molar-refractivity contribution in [1.29, 1.82) is 0 Å². The summed E-state index contributed by atoms with van der Waals surface area (Å²) in [6.07, 6.45) is 4.59. The quantitative estimate of drug-likeness (QED) is 0.762. The van der Waals surface area contributed by atoms with Gasteiger partial charge < -0.3 is 20.9 Å². The van der Waals surface area contributed by atoms with Crippen LogP contribution in [0.15, 0.2) is 30.9 Å². The van der Waals surface area contributed by atoms with Crippen LogP contribution in [0.5, 0.6) is 0 Å². The Bertz CT molecular complexity index is 681. The molecule has 1 aromatic carbocycles. The van der Waals surface area contributed by atoms with Crippen LogP contribution in [-0.4, -0.2) is 49.3 Å². The first-order chi connectivity index (χ1) is 11.9. The zero-order chi connectivity index (χ0) is 18.4. The number of anilines is 2. The Morgan fingerprint density at radius 1 is 1.28 bits per heavy atom. The molecule has 1 fully saturated rings. The highest BCUT2D eigenvalue weighted by atomic mass is 16.2. The fraction of sp³-hybridized carbons (Fsp3) is 0.389. The topological polar surface area (TPSA) is 95.7 Å². The van der Waals surface area contributed by atoms with Gasteiger partial charge in [0.25, 0.3) is 5.91 Å². The number of nitrogens with zero attached hydrogens (tertiary/aromatic N) is 2. The van der Waals surface area contributed by atoms with Crippen molar-refractivity contribution in [2.45, 2.75) is 19.3 Å². The van der Waals surface area contributed by atoms with E-state index in [9.17, 15) is 14.4 Å². The van der Waals surface area contributed by atoms with Gasteiger partial charge in [-0.05, 0) is 43.5 Å². The number of rotatable bonds is 6. The number of benzene rings is 1. The maximum atomic E-state index is 12.1. The van der Waals surface area contributed by atoms with Crippen molar-refractivity contribution in [3.8, 4) is 0 Å². The van der Waals surface area contributed by atoms with Gasteiger partial charge in [0.2, 0.25) is 11.8 Å². The van der Waals surface area contributed by atoms with Gasteiger partial charge in [0.1, 0.15) is 0 Å². The lowest BCUT2D eigenvalue weighted by Gasteiger charge is -2.29. The second kappa shape index (κ2) is 8.32. The van der Waals surface area contributed by atoms with Gasteiger partial charge in [0.05, 0.1) is 17.8 Å². The number of piperidine rings is 1. The van der Waals surface area contributed by atoms with E-state index in [1.54, 1.807) is 12.1 Å². The zero-order valence-electron chi connectivity index (χ0n) is 14.5. The van der Waals surface area contributed by atoms with Gasteiger partial charge in [-0.1, -0.05) is 6.58 Å². The lowest BCUT2D eigenvalue weighted by atomic mass is 10.1. The SMILES string of the molecule is C=CC(=O)N(C)CC(=O)Nc1ccc(N2CCCCC2)cc1C(N)=O. The molecular formula is C18H24N4O3. The van der Waals surface area contributed by atoms with Crippen molar-refractivity contribution in [1.82, 2.24) is 4.90 Å². The largest absolute Gasteiger partial charge is 0.372 e. The maximum absolute atomic E-state index is 12.1. The third-order valence-electron chi connectivity index (χ3n) is 4.20. The summed E-state index contributed by atoms with van der Waals surface area (Å²) in [6.45, 7) is 5.12. The zero-order valence-corrected chi connectivity index (χ0v) is 14.5. The van der Waals surface area contributed by atoms with E-state index in [-0.39, 0.29) is 18.0 Å². The Hall–Kier alpha value is -2.83. The number of hydrogen-bond acceptors (Lipinski definition) is 4. The molecule has 0 aliphatic carbocycles. The molecule has 0 aromatic heterocycles. The minimum atomic E-state index is -0.607. The normalized spacial score (nSPS) is 13.9. The van der Waals surface area contributed by atoms with Crippen molar-refractivity contribution in [3.05, 3.63) is 36.4 Å². The van der Waals surface area contributed by atoms with E-state index in [2.05, 4.69) is 16.8 Å². The molecule has 3 amide bonds. The molecule has 3 N–H and O–H groups in total. The predicted molar refractivity (Wildman–Crippen MR) is 97.5 cm³/mol. The van der Waals surface area contributed by atoms with Crippen LogP contribution < -0.4 is 16.0 Å². The Morgan fingerprint density at radius 3 is 2.56 bits per heavy atom. The molecule has 7 heteroatoms. The fourth-order valence-electron chi connectivity index (χ4n) is 2.83. The van der Waals surface area contributed by atoms with E-state index in [4.69, 9.17) is 5.73 Å². The van der Waals surface area contributed by atoms with Crippen LogP contribution in [0.25, 0.3) is 0 Å². The van der Waals surface area contributed by atoms with Gasteiger partial charge in [-0.15, -0.1) is 0 Å². The highest BCUT2D eigenvalue weighted by Gasteiger charge is 2.17. The highest BCUT2D eigenvalue weighted by molar-refractivity contribution is 6.04. The van der Waals surface area contributed by atoms with Crippen molar-refractivity contribution >= 4 is 29.1 Å². The van der Waals surface area contributed by atoms with Gasteiger partial charge in [-0.2, -0.15) is 0 Å². The summed E-state index contributed by atoms with van der Waals surface area (Å²) in [4.78, 5) is 38.8. The van der Waals surface area contributed by atoms with Gasteiger partial charge in [0, 0.05) is 25.8 Å². The predicted octanol–water partition coefficient (Wildman–Crippen LogP) is 1.36. The molecule has 0 atom stereocenters. The van der Waals surface area contributed by atoms with E-state index in [0.717, 1.165) is 37.7 Å². The first-order valence-corrected chi connectivity index (χ1v) is 8.28. The summed E-state index contributed by atoms with van der Waals surface area (Å²) in [5, 5.41) is 2.65. The fourth-order valence-corrected chi connectivity index (χ4v) is 2.83. The smallest absolute Gasteiger partial charge is 0.250 e. The number of nitrogens with one attached hydrogen (secondary N) is 1. The van der Waals surface area contributed by atoms with E-state index in [0.29, 0.717) is 5.69 Å². The highest BCUT2D eigenvalue weighted by Crippen LogP contribution is 2.25. The van der Waals surface area contributed by atoms with Crippen molar-refractivity contribution in [3.63, 3.8) is 0 Å². The second-order valence-corrected chi connectivity index (χ2v) is 6.09. The van der Waals surface area contributed by atoms with Crippen LogP contribution in [0, 0.1) is 0 Å². The summed E-state index contributed by atoms with van der Waals surface area (Å²) >= 11 is 0. The van der Waals surface area contributed by atoms with Gasteiger partial charge in [-0.25, -0.2) is 0 Å². The molecule has 0 radical (unpaired) electrons. The van der Waals surface area contributed by atoms with E-state index in [1.807, 2.05) is 6.07 Å². The molecule has 1 aliphatic rings. The maximum Gasteiger partial charge on any atom is 0.250 e. The van der Waals surface area contributed by atoms with E-state index < -0.39 is 11.8 Å². The Labute approximate surface area is 147 Å². The number of primary amides is 1. The van der Waals surface area contributed by atoms with E-state index >= 15 is 0 Å². The molecule has 25 heavy (non-hydrogen) atoms. The first kappa shape index (κ1) is 18.5. The van der Waals surface area contributed by atoms with Gasteiger partial charge in [-0.3, -0.25) is 14.4 Å². The Balaban J connectivity index is 2.14. The van der Waals surface area contributed by atoms with E-state index in [1.165, 1.54) is 18.4 Å². The lowest BCUT2D eigenvalue weighted by Crippen LogP contribution is -2.34. The third kappa shape index (κ3) is 4.82. The number of hydrogen-bond donors (Lipinski definition) is 2. The molecule has 0 spiro atoms. The summed E-state index contributed by atoms with van der Waals surface area (Å²) in [6, 6.07) is 5.26. The van der Waals surface area contributed by atoms with Crippen LogP contribution in [0.1, 0.15) is 29.6 Å². The monoisotopic (exact) mass is 344 g/mol. The number of carbonyl (C=O) groups excluding carboxylic acids is 3. The Kier molecular flexibility index (Phi) is 6.16. The third-order valence-corrected chi connectivity index (χ3v) is 4.20. The molecule has 0 bridgehead atoms.